The van der Waals surface area contributed by atoms with E-state index < -0.39 is 0 Å². The first-order valence-electron chi connectivity index (χ1n) is 7.82. The number of para-hydroxylation sites is 1. The predicted molar refractivity (Wildman–Crippen MR) is 98.0 cm³/mol. The Kier molecular flexibility index (Phi) is 4.87. The number of hydrogen-bond acceptors (Lipinski definition) is 2. The van der Waals surface area contributed by atoms with Crippen LogP contribution >= 0.6 is 0 Å². The van der Waals surface area contributed by atoms with Gasteiger partial charge in [0.05, 0.1) is 12.6 Å². The van der Waals surface area contributed by atoms with E-state index in [1.165, 1.54) is 0 Å². The van der Waals surface area contributed by atoms with Crippen LogP contribution in [0.4, 0.5) is 0 Å². The van der Waals surface area contributed by atoms with Crippen molar-refractivity contribution >= 4 is 23.0 Å². The first-order valence-corrected chi connectivity index (χ1v) is 7.82. The van der Waals surface area contributed by atoms with Gasteiger partial charge in [-0.25, -0.2) is 5.43 Å². The largest absolute Gasteiger partial charge is 0.343 e. The topological polar surface area (TPSA) is 46.4 Å². The number of fused-ring (bicyclic) bond motifs is 1. The first-order chi connectivity index (χ1) is 11.8. The van der Waals surface area contributed by atoms with Gasteiger partial charge in [-0.15, -0.1) is 6.58 Å². The Morgan fingerprint density at radius 2 is 1.88 bits per heavy atom. The lowest BCUT2D eigenvalue weighted by atomic mass is 10.1. The van der Waals surface area contributed by atoms with Crippen molar-refractivity contribution in [1.29, 1.82) is 0 Å². The lowest BCUT2D eigenvalue weighted by molar-refractivity contribution is -0.120. The van der Waals surface area contributed by atoms with Gasteiger partial charge in [0, 0.05) is 29.2 Å². The monoisotopic (exact) mass is 317 g/mol. The molecule has 4 nitrogen and oxygen atoms in total. The first kappa shape index (κ1) is 15.7. The van der Waals surface area contributed by atoms with Gasteiger partial charge in [-0.2, -0.15) is 5.10 Å². The van der Waals surface area contributed by atoms with Gasteiger partial charge in [-0.1, -0.05) is 54.6 Å². The fourth-order valence-corrected chi connectivity index (χ4v) is 2.66. The van der Waals surface area contributed by atoms with Crippen LogP contribution in [0.2, 0.25) is 0 Å². The Morgan fingerprint density at radius 3 is 2.67 bits per heavy atom. The molecule has 2 aromatic carbocycles. The SMILES string of the molecule is C=CCn1cc(/C=N\NC(=O)Cc2ccccc2)c2ccccc21. The van der Waals surface area contributed by atoms with Crippen LogP contribution in [-0.4, -0.2) is 16.7 Å². The van der Waals surface area contributed by atoms with Gasteiger partial charge in [0.25, 0.3) is 0 Å². The normalized spacial score (nSPS) is 11.0. The quantitative estimate of drug-likeness (QED) is 0.422. The second-order valence-electron chi connectivity index (χ2n) is 5.50. The van der Waals surface area contributed by atoms with Crippen molar-refractivity contribution in [2.75, 3.05) is 0 Å². The number of hydrazone groups is 1. The fraction of sp³-hybridized carbons (Fsp3) is 0.100. The molecule has 0 bridgehead atoms. The third-order valence-electron chi connectivity index (χ3n) is 3.75. The fourth-order valence-electron chi connectivity index (χ4n) is 2.66. The van der Waals surface area contributed by atoms with E-state index in [-0.39, 0.29) is 5.91 Å². The number of aromatic nitrogens is 1. The molecule has 1 amide bonds. The van der Waals surface area contributed by atoms with Gasteiger partial charge in [-0.05, 0) is 11.6 Å². The standard InChI is InChI=1S/C20H19N3O/c1-2-12-23-15-17(18-10-6-7-11-19(18)23)14-21-22-20(24)13-16-8-4-3-5-9-16/h2-11,14-15H,1,12-13H2,(H,22,24)/b21-14-. The van der Waals surface area contributed by atoms with E-state index in [9.17, 15) is 4.79 Å². The molecule has 0 aliphatic carbocycles. The molecular weight excluding hydrogens is 298 g/mol. The Labute approximate surface area is 141 Å². The molecule has 0 spiro atoms. The summed E-state index contributed by atoms with van der Waals surface area (Å²) in [6, 6.07) is 17.7. The number of nitrogens with zero attached hydrogens (tertiary/aromatic N) is 2. The minimum atomic E-state index is -0.132. The molecular formula is C20H19N3O. The minimum absolute atomic E-state index is 0.132. The number of carbonyl (C=O) groups excluding carboxylic acids is 1. The molecule has 1 heterocycles. The van der Waals surface area contributed by atoms with Crippen LogP contribution < -0.4 is 5.43 Å². The summed E-state index contributed by atoms with van der Waals surface area (Å²) < 4.78 is 2.11. The highest BCUT2D eigenvalue weighted by Crippen LogP contribution is 2.19. The molecule has 0 unspecified atom stereocenters. The second kappa shape index (κ2) is 7.42. The summed E-state index contributed by atoms with van der Waals surface area (Å²) in [4.78, 5) is 11.9. The maximum atomic E-state index is 11.9. The molecule has 1 N–H and O–H groups in total. The van der Waals surface area contributed by atoms with Crippen molar-refractivity contribution < 1.29 is 4.79 Å². The highest BCUT2D eigenvalue weighted by molar-refractivity contribution is 5.99. The molecule has 1 aromatic heterocycles. The summed E-state index contributed by atoms with van der Waals surface area (Å²) >= 11 is 0. The highest BCUT2D eigenvalue weighted by Gasteiger charge is 2.06. The van der Waals surface area contributed by atoms with Crippen LogP contribution in [0.3, 0.4) is 0 Å². The maximum Gasteiger partial charge on any atom is 0.244 e. The predicted octanol–water partition coefficient (Wildman–Crippen LogP) is 3.52. The summed E-state index contributed by atoms with van der Waals surface area (Å²) in [5.74, 6) is -0.132. The summed E-state index contributed by atoms with van der Waals surface area (Å²) in [6.45, 7) is 4.52. The zero-order valence-electron chi connectivity index (χ0n) is 13.4. The van der Waals surface area contributed by atoms with Gasteiger partial charge in [0.2, 0.25) is 5.91 Å². The number of carbonyl (C=O) groups is 1. The molecule has 24 heavy (non-hydrogen) atoms. The van der Waals surface area contributed by atoms with Crippen LogP contribution in [0.15, 0.2) is 78.6 Å². The van der Waals surface area contributed by atoms with Crippen molar-refractivity contribution in [3.05, 3.63) is 84.6 Å². The average molecular weight is 317 g/mol. The number of rotatable bonds is 6. The summed E-state index contributed by atoms with van der Waals surface area (Å²) in [7, 11) is 0. The van der Waals surface area contributed by atoms with E-state index in [0.717, 1.165) is 28.6 Å². The molecule has 0 atom stereocenters. The number of amides is 1. The Morgan fingerprint density at radius 1 is 1.12 bits per heavy atom. The van der Waals surface area contributed by atoms with Crippen molar-refractivity contribution in [2.24, 2.45) is 5.10 Å². The van der Waals surface area contributed by atoms with Crippen molar-refractivity contribution in [3.63, 3.8) is 0 Å². The number of hydrogen-bond donors (Lipinski definition) is 1. The van der Waals surface area contributed by atoms with Gasteiger partial charge in [-0.3, -0.25) is 4.79 Å². The lowest BCUT2D eigenvalue weighted by Gasteiger charge is -1.99. The minimum Gasteiger partial charge on any atom is -0.343 e. The van der Waals surface area contributed by atoms with Gasteiger partial charge >= 0.3 is 0 Å². The molecule has 0 aliphatic heterocycles. The van der Waals surface area contributed by atoms with E-state index in [1.54, 1.807) is 6.21 Å². The third kappa shape index (κ3) is 3.60. The average Bonchev–Trinajstić information content (AvgIpc) is 2.94. The van der Waals surface area contributed by atoms with Crippen LogP contribution in [-0.2, 0) is 17.8 Å². The van der Waals surface area contributed by atoms with E-state index in [0.29, 0.717) is 6.42 Å². The Bertz CT molecular complexity index is 878. The van der Waals surface area contributed by atoms with Gasteiger partial charge in [0.15, 0.2) is 0 Å². The molecule has 4 heteroatoms. The third-order valence-corrected chi connectivity index (χ3v) is 3.75. The van der Waals surface area contributed by atoms with Crippen LogP contribution in [0.1, 0.15) is 11.1 Å². The Balaban J connectivity index is 1.71. The van der Waals surface area contributed by atoms with Crippen molar-refractivity contribution in [3.8, 4) is 0 Å². The highest BCUT2D eigenvalue weighted by atomic mass is 16.2. The zero-order chi connectivity index (χ0) is 16.8. The van der Waals surface area contributed by atoms with Crippen molar-refractivity contribution in [2.45, 2.75) is 13.0 Å². The van der Waals surface area contributed by atoms with Crippen LogP contribution in [0.5, 0.6) is 0 Å². The van der Waals surface area contributed by atoms with Gasteiger partial charge < -0.3 is 4.57 Å². The molecule has 0 saturated heterocycles. The van der Waals surface area contributed by atoms with E-state index in [2.05, 4.69) is 27.7 Å². The summed E-state index contributed by atoms with van der Waals surface area (Å²) in [5.41, 5.74) is 5.64. The van der Waals surface area contributed by atoms with Crippen LogP contribution in [0, 0.1) is 0 Å². The zero-order valence-corrected chi connectivity index (χ0v) is 13.4. The second-order valence-corrected chi connectivity index (χ2v) is 5.50. The molecule has 0 aliphatic rings. The molecule has 3 aromatic rings. The lowest BCUT2D eigenvalue weighted by Crippen LogP contribution is -2.19. The maximum absolute atomic E-state index is 11.9. The summed E-state index contributed by atoms with van der Waals surface area (Å²) in [6.07, 6.45) is 5.87. The number of allylic oxidation sites excluding steroid dienone is 1. The van der Waals surface area contributed by atoms with E-state index in [4.69, 9.17) is 0 Å². The number of nitrogens with one attached hydrogen (secondary N) is 1. The smallest absolute Gasteiger partial charge is 0.244 e. The van der Waals surface area contributed by atoms with Crippen LogP contribution in [0.25, 0.3) is 10.9 Å². The molecule has 0 saturated carbocycles. The van der Waals surface area contributed by atoms with E-state index in [1.807, 2.05) is 60.8 Å². The Hall–Kier alpha value is -3.14. The molecule has 0 radical (unpaired) electrons. The number of benzene rings is 2. The van der Waals surface area contributed by atoms with E-state index >= 15 is 0 Å². The molecule has 0 fully saturated rings. The van der Waals surface area contributed by atoms with Crippen molar-refractivity contribution in [1.82, 2.24) is 9.99 Å². The molecule has 3 rings (SSSR count). The van der Waals surface area contributed by atoms with Gasteiger partial charge in [0.1, 0.15) is 0 Å². The molecule has 120 valence electrons. The summed E-state index contributed by atoms with van der Waals surface area (Å²) in [5, 5.41) is 5.20.